The van der Waals surface area contributed by atoms with Gasteiger partial charge in [0.2, 0.25) is 0 Å². The molecule has 0 saturated carbocycles. The van der Waals surface area contributed by atoms with Crippen molar-refractivity contribution < 1.29 is 4.79 Å². The van der Waals surface area contributed by atoms with Crippen LogP contribution in [-0.2, 0) is 6.42 Å². The molecule has 9 nitrogen and oxygen atoms in total. The molecule has 0 saturated heterocycles. The first-order valence-electron chi connectivity index (χ1n) is 12.4. The molecule has 2 aliphatic heterocycles. The highest BCUT2D eigenvalue weighted by molar-refractivity contribution is 6.40. The number of hydrogen-bond donors (Lipinski definition) is 3. The van der Waals surface area contributed by atoms with Crippen LogP contribution in [-0.4, -0.2) is 57.4 Å². The summed E-state index contributed by atoms with van der Waals surface area (Å²) in [6.07, 6.45) is 0.308. The van der Waals surface area contributed by atoms with E-state index in [-0.39, 0.29) is 18.0 Å². The summed E-state index contributed by atoms with van der Waals surface area (Å²) in [6.45, 7) is 6.48. The quantitative estimate of drug-likeness (QED) is 0.240. The van der Waals surface area contributed by atoms with Crippen LogP contribution in [0, 0.1) is 0 Å². The number of urea groups is 1. The van der Waals surface area contributed by atoms with Gasteiger partial charge < -0.3 is 15.5 Å². The summed E-state index contributed by atoms with van der Waals surface area (Å²) < 4.78 is 1.61. The largest absolute Gasteiger partial charge is 0.336 e. The van der Waals surface area contributed by atoms with Gasteiger partial charge in [-0.25, -0.2) is 14.5 Å². The third-order valence-electron chi connectivity index (χ3n) is 6.41. The van der Waals surface area contributed by atoms with E-state index in [2.05, 4.69) is 20.7 Å². The summed E-state index contributed by atoms with van der Waals surface area (Å²) in [5.74, 6) is 0.707. The maximum Gasteiger partial charge on any atom is 0.319 e. The van der Waals surface area contributed by atoms with Gasteiger partial charge in [-0.2, -0.15) is 4.98 Å². The van der Waals surface area contributed by atoms with Crippen LogP contribution >= 0.6 is 34.8 Å². The Bertz CT molecular complexity index is 1490. The molecular formula is C27H30Cl3N7O2. The van der Waals surface area contributed by atoms with E-state index in [4.69, 9.17) is 39.8 Å². The van der Waals surface area contributed by atoms with E-state index >= 15 is 0 Å². The van der Waals surface area contributed by atoms with Crippen LogP contribution in [0.1, 0.15) is 43.8 Å². The average molecular weight is 591 g/mol. The van der Waals surface area contributed by atoms with Crippen molar-refractivity contribution in [2.75, 3.05) is 26.0 Å². The number of benzene rings is 2. The molecule has 2 amide bonds. The third kappa shape index (κ3) is 6.55. The zero-order chi connectivity index (χ0) is 28.4. The number of nitrogens with zero attached hydrogens (tertiary/aromatic N) is 4. The van der Waals surface area contributed by atoms with Gasteiger partial charge in [0.05, 0.1) is 15.7 Å². The fraction of sp³-hybridized carbons (Fsp3) is 0.333. The molecule has 2 aliphatic rings. The van der Waals surface area contributed by atoms with E-state index in [0.717, 1.165) is 5.56 Å². The summed E-state index contributed by atoms with van der Waals surface area (Å²) in [5, 5.41) is 9.93. The number of likely N-dealkylation sites (N-methyl/N-ethyl adjacent to an activating group) is 1. The summed E-state index contributed by atoms with van der Waals surface area (Å²) in [7, 11) is 3.92. The first-order chi connectivity index (χ1) is 18.4. The predicted molar refractivity (Wildman–Crippen MR) is 157 cm³/mol. The number of carbonyl (C=O) groups is 1. The highest BCUT2D eigenvalue weighted by atomic mass is 35.5. The Morgan fingerprint density at radius 2 is 1.69 bits per heavy atom. The first-order valence-corrected chi connectivity index (χ1v) is 13.5. The Morgan fingerprint density at radius 1 is 1.05 bits per heavy atom. The number of nitrogens with one attached hydrogen (secondary N) is 3. The Morgan fingerprint density at radius 3 is 2.28 bits per heavy atom. The molecule has 2 heterocycles. The molecule has 0 spiro atoms. The average Bonchev–Trinajstić information content (AvgIpc) is 3.23. The molecule has 2 aromatic carbocycles. The fourth-order valence-corrected chi connectivity index (χ4v) is 4.98. The lowest BCUT2D eigenvalue weighted by molar-refractivity contribution is 0.245. The van der Waals surface area contributed by atoms with Gasteiger partial charge in [0.25, 0.3) is 5.56 Å². The molecule has 0 bridgehead atoms. The zero-order valence-corrected chi connectivity index (χ0v) is 24.5. The number of aromatic nitrogens is 4. The van der Waals surface area contributed by atoms with Crippen molar-refractivity contribution in [3.05, 3.63) is 78.9 Å². The lowest BCUT2D eigenvalue weighted by Gasteiger charge is -2.20. The van der Waals surface area contributed by atoms with E-state index < -0.39 is 5.56 Å². The maximum absolute atomic E-state index is 13.2. The summed E-state index contributed by atoms with van der Waals surface area (Å²) >= 11 is 19.1. The number of amides is 2. The molecule has 1 atom stereocenters. The van der Waals surface area contributed by atoms with Gasteiger partial charge in [-0.1, -0.05) is 60.8 Å². The van der Waals surface area contributed by atoms with Crippen molar-refractivity contribution in [2.24, 2.45) is 0 Å². The highest BCUT2D eigenvalue weighted by Crippen LogP contribution is 2.36. The lowest BCUT2D eigenvalue weighted by atomic mass is 10.1. The Kier molecular flexibility index (Phi) is 8.86. The fourth-order valence-electron chi connectivity index (χ4n) is 3.99. The van der Waals surface area contributed by atoms with Crippen molar-refractivity contribution in [3.63, 3.8) is 0 Å². The van der Waals surface area contributed by atoms with Crippen molar-refractivity contribution >= 4 is 46.5 Å². The van der Waals surface area contributed by atoms with Gasteiger partial charge in [-0.05, 0) is 56.8 Å². The van der Waals surface area contributed by atoms with Crippen LogP contribution in [0.25, 0.3) is 17.1 Å². The Balaban J connectivity index is 1.61. The molecule has 0 fully saturated rings. The number of anilines is 1. The SMILES string of the molecule is CC(C)c1[nH]n(-c2c(Cl)cc(Cl)cc2Cl)c2nc(Cc3ccc(NC(=O)NCC(C)N(C)C)cc3)nc(=O)c1-2. The molecule has 0 aromatic heterocycles. The standard InChI is InChI=1S/C27H30Cl3N7O2/c1-14(2)23-22-25(37(35-23)24-19(29)11-17(28)12-20(24)30)33-21(34-26(22)38)10-16-6-8-18(9-7-16)32-27(39)31-13-15(3)36(4)5/h6-9,11-12,14-15,35H,10,13H2,1-5H3,(H2,31,32,39). The van der Waals surface area contributed by atoms with Gasteiger partial charge in [-0.15, -0.1) is 0 Å². The molecule has 206 valence electrons. The smallest absolute Gasteiger partial charge is 0.319 e. The van der Waals surface area contributed by atoms with Crippen LogP contribution < -0.4 is 16.2 Å². The Labute approximate surface area is 241 Å². The topological polar surface area (TPSA) is 108 Å². The summed E-state index contributed by atoms with van der Waals surface area (Å²) in [5.41, 5.74) is 2.62. The Hall–Kier alpha value is -3.11. The second kappa shape index (κ2) is 12.0. The molecule has 0 aliphatic carbocycles. The number of hydrogen-bond acceptors (Lipinski definition) is 5. The molecule has 0 radical (unpaired) electrons. The number of carbonyl (C=O) groups excluding carboxylic acids is 1. The van der Waals surface area contributed by atoms with Crippen LogP contribution in [0.15, 0.2) is 41.2 Å². The molecule has 4 rings (SSSR count). The van der Waals surface area contributed by atoms with Crippen molar-refractivity contribution in [1.29, 1.82) is 0 Å². The van der Waals surface area contributed by atoms with Gasteiger partial charge in [0.1, 0.15) is 17.1 Å². The van der Waals surface area contributed by atoms with E-state index in [1.54, 1.807) is 28.9 Å². The first kappa shape index (κ1) is 28.9. The monoisotopic (exact) mass is 589 g/mol. The van der Waals surface area contributed by atoms with Crippen LogP contribution in [0.2, 0.25) is 15.1 Å². The van der Waals surface area contributed by atoms with Gasteiger partial charge in [0, 0.05) is 29.7 Å². The summed E-state index contributed by atoms with van der Waals surface area (Å²) in [4.78, 5) is 36.4. The zero-order valence-electron chi connectivity index (χ0n) is 22.3. The van der Waals surface area contributed by atoms with Crippen molar-refractivity contribution in [2.45, 2.75) is 39.2 Å². The number of H-pyrrole nitrogens is 1. The molecule has 3 N–H and O–H groups in total. The number of rotatable bonds is 8. The molecule has 12 heteroatoms. The van der Waals surface area contributed by atoms with E-state index in [9.17, 15) is 9.59 Å². The third-order valence-corrected chi connectivity index (χ3v) is 7.21. The number of aromatic amines is 1. The van der Waals surface area contributed by atoms with Gasteiger partial charge >= 0.3 is 6.03 Å². The van der Waals surface area contributed by atoms with Gasteiger partial charge in [0.15, 0.2) is 5.82 Å². The molecule has 1 unspecified atom stereocenters. The van der Waals surface area contributed by atoms with Crippen molar-refractivity contribution in [3.8, 4) is 17.1 Å². The molecule has 39 heavy (non-hydrogen) atoms. The highest BCUT2D eigenvalue weighted by Gasteiger charge is 2.27. The van der Waals surface area contributed by atoms with E-state index in [1.807, 2.05) is 51.9 Å². The maximum atomic E-state index is 13.2. The predicted octanol–water partition coefficient (Wildman–Crippen LogP) is 5.81. The van der Waals surface area contributed by atoms with Crippen LogP contribution in [0.5, 0.6) is 0 Å². The number of fused-ring (bicyclic) bond motifs is 1. The lowest BCUT2D eigenvalue weighted by Crippen LogP contribution is -2.40. The normalized spacial score (nSPS) is 12.4. The summed E-state index contributed by atoms with van der Waals surface area (Å²) in [6, 6.07) is 10.4. The number of halogens is 3. The minimum Gasteiger partial charge on any atom is -0.336 e. The minimum atomic E-state index is -0.392. The van der Waals surface area contributed by atoms with Crippen LogP contribution in [0.4, 0.5) is 10.5 Å². The molecule has 2 aromatic rings. The van der Waals surface area contributed by atoms with Crippen molar-refractivity contribution in [1.82, 2.24) is 30.0 Å². The second-order valence-electron chi connectivity index (χ2n) is 9.90. The second-order valence-corrected chi connectivity index (χ2v) is 11.1. The van der Waals surface area contributed by atoms with E-state index in [1.165, 1.54) is 0 Å². The van der Waals surface area contributed by atoms with E-state index in [0.29, 0.717) is 62.3 Å². The molecular weight excluding hydrogens is 561 g/mol. The van der Waals surface area contributed by atoms with Crippen LogP contribution in [0.3, 0.4) is 0 Å². The minimum absolute atomic E-state index is 0.0101. The van der Waals surface area contributed by atoms with Gasteiger partial charge in [-0.3, -0.25) is 9.89 Å².